The number of hydrogen-bond acceptors (Lipinski definition) is 5. The van der Waals surface area contributed by atoms with Crippen LogP contribution in [0, 0.1) is 6.92 Å². The lowest BCUT2D eigenvalue weighted by Crippen LogP contribution is -2.41. The van der Waals surface area contributed by atoms with Gasteiger partial charge in [0.2, 0.25) is 0 Å². The maximum absolute atomic E-state index is 12.3. The van der Waals surface area contributed by atoms with Crippen molar-refractivity contribution in [2.24, 2.45) is 5.10 Å². The summed E-state index contributed by atoms with van der Waals surface area (Å²) in [7, 11) is 0. The van der Waals surface area contributed by atoms with E-state index in [0.717, 1.165) is 16.5 Å². The van der Waals surface area contributed by atoms with Crippen molar-refractivity contribution < 1.29 is 4.79 Å². The first kappa shape index (κ1) is 16.0. The van der Waals surface area contributed by atoms with E-state index in [4.69, 9.17) is 0 Å². The molecular weight excluding hydrogens is 334 g/mol. The first-order valence-electron chi connectivity index (χ1n) is 8.17. The minimum atomic E-state index is -0.299. The molecule has 3 aromatic rings. The second-order valence-electron chi connectivity index (χ2n) is 6.10. The van der Waals surface area contributed by atoms with Gasteiger partial charge in [0.25, 0.3) is 5.91 Å². The molecule has 1 saturated heterocycles. The first-order chi connectivity index (χ1) is 12.2. The number of carbonyl (C=O) groups is 1. The van der Waals surface area contributed by atoms with Crippen molar-refractivity contribution in [2.75, 3.05) is 0 Å². The SMILES string of the molecule is Cc1ccc(C2CC(C(=O)N/N=C/c3c[nH]c4ccccc34)NN2)s1. The van der Waals surface area contributed by atoms with E-state index < -0.39 is 0 Å². The number of carbonyl (C=O) groups excluding carboxylic acids is 1. The zero-order valence-corrected chi connectivity index (χ0v) is 14.6. The summed E-state index contributed by atoms with van der Waals surface area (Å²) < 4.78 is 0. The Bertz CT molecular complexity index is 928. The van der Waals surface area contributed by atoms with Crippen LogP contribution in [0.3, 0.4) is 0 Å². The molecule has 6 nitrogen and oxygen atoms in total. The lowest BCUT2D eigenvalue weighted by molar-refractivity contribution is -0.122. The number of aromatic nitrogens is 1. The molecule has 3 heterocycles. The second-order valence-corrected chi connectivity index (χ2v) is 7.42. The Morgan fingerprint density at radius 3 is 3.00 bits per heavy atom. The molecule has 2 atom stereocenters. The molecule has 1 amide bonds. The van der Waals surface area contributed by atoms with Crippen molar-refractivity contribution in [1.82, 2.24) is 21.3 Å². The number of para-hydroxylation sites is 1. The number of hydrazine groups is 1. The van der Waals surface area contributed by atoms with Gasteiger partial charge in [-0.3, -0.25) is 4.79 Å². The van der Waals surface area contributed by atoms with Crippen LogP contribution in [-0.4, -0.2) is 23.1 Å². The van der Waals surface area contributed by atoms with E-state index in [2.05, 4.69) is 45.4 Å². The summed E-state index contributed by atoms with van der Waals surface area (Å²) in [5.74, 6) is -0.139. The number of hydrogen-bond donors (Lipinski definition) is 4. The summed E-state index contributed by atoms with van der Waals surface area (Å²) in [6.07, 6.45) is 4.25. The van der Waals surface area contributed by atoms with Gasteiger partial charge in [0, 0.05) is 32.4 Å². The minimum absolute atomic E-state index is 0.139. The Labute approximate surface area is 149 Å². The molecule has 0 saturated carbocycles. The summed E-state index contributed by atoms with van der Waals surface area (Å²) in [5.41, 5.74) is 10.9. The average Bonchev–Trinajstić information content (AvgIpc) is 3.34. The lowest BCUT2D eigenvalue weighted by Gasteiger charge is -2.06. The number of thiophene rings is 1. The summed E-state index contributed by atoms with van der Waals surface area (Å²) in [6, 6.07) is 12.0. The van der Waals surface area contributed by atoms with Crippen LogP contribution in [0.1, 0.15) is 27.8 Å². The number of nitrogens with zero attached hydrogens (tertiary/aromatic N) is 1. The topological polar surface area (TPSA) is 81.3 Å². The highest BCUT2D eigenvalue weighted by Gasteiger charge is 2.30. The maximum atomic E-state index is 12.3. The number of aryl methyl sites for hydroxylation is 1. The van der Waals surface area contributed by atoms with E-state index in [1.165, 1.54) is 9.75 Å². The summed E-state index contributed by atoms with van der Waals surface area (Å²) in [4.78, 5) is 18.0. The van der Waals surface area contributed by atoms with E-state index in [1.54, 1.807) is 17.6 Å². The Balaban J connectivity index is 1.36. The van der Waals surface area contributed by atoms with Crippen LogP contribution in [-0.2, 0) is 4.79 Å². The Hall–Kier alpha value is -2.48. The molecule has 7 heteroatoms. The molecule has 0 radical (unpaired) electrons. The number of rotatable bonds is 4. The number of H-pyrrole nitrogens is 1. The predicted octanol–water partition coefficient (Wildman–Crippen LogP) is 2.60. The number of fused-ring (bicyclic) bond motifs is 1. The van der Waals surface area contributed by atoms with Crippen LogP contribution in [0.5, 0.6) is 0 Å². The van der Waals surface area contributed by atoms with Crippen molar-refractivity contribution in [3.8, 4) is 0 Å². The fourth-order valence-corrected chi connectivity index (χ4v) is 3.94. The Morgan fingerprint density at radius 2 is 2.16 bits per heavy atom. The Kier molecular flexibility index (Phi) is 4.35. The minimum Gasteiger partial charge on any atom is -0.361 e. The third-order valence-electron chi connectivity index (χ3n) is 4.32. The van der Waals surface area contributed by atoms with Crippen LogP contribution < -0.4 is 16.3 Å². The zero-order chi connectivity index (χ0) is 17.2. The fraction of sp³-hybridized carbons (Fsp3) is 0.222. The third-order valence-corrected chi connectivity index (χ3v) is 5.44. The molecule has 4 rings (SSSR count). The smallest absolute Gasteiger partial charge is 0.258 e. The van der Waals surface area contributed by atoms with Crippen LogP contribution in [0.25, 0.3) is 10.9 Å². The van der Waals surface area contributed by atoms with E-state index >= 15 is 0 Å². The van der Waals surface area contributed by atoms with Crippen LogP contribution in [0.4, 0.5) is 0 Å². The highest BCUT2D eigenvalue weighted by molar-refractivity contribution is 7.12. The van der Waals surface area contributed by atoms with E-state index in [0.29, 0.717) is 6.42 Å². The van der Waals surface area contributed by atoms with Crippen LogP contribution in [0.15, 0.2) is 47.7 Å². The lowest BCUT2D eigenvalue weighted by atomic mass is 10.1. The van der Waals surface area contributed by atoms with Gasteiger partial charge in [0.15, 0.2) is 0 Å². The molecule has 0 bridgehead atoms. The number of nitrogens with one attached hydrogen (secondary N) is 4. The van der Waals surface area contributed by atoms with Gasteiger partial charge < -0.3 is 4.98 Å². The summed E-state index contributed by atoms with van der Waals surface area (Å²) in [6.45, 7) is 2.08. The monoisotopic (exact) mass is 353 g/mol. The molecular formula is C18H19N5OS. The molecule has 128 valence electrons. The van der Waals surface area contributed by atoms with Crippen molar-refractivity contribution in [1.29, 1.82) is 0 Å². The predicted molar refractivity (Wildman–Crippen MR) is 101 cm³/mol. The molecule has 1 fully saturated rings. The molecule has 1 aliphatic heterocycles. The van der Waals surface area contributed by atoms with E-state index in [1.807, 2.05) is 30.5 Å². The van der Waals surface area contributed by atoms with Gasteiger partial charge in [0.1, 0.15) is 6.04 Å². The molecule has 0 spiro atoms. The number of benzene rings is 1. The summed E-state index contributed by atoms with van der Waals surface area (Å²) in [5, 5.41) is 5.18. The van der Waals surface area contributed by atoms with E-state index in [9.17, 15) is 4.79 Å². The van der Waals surface area contributed by atoms with Crippen molar-refractivity contribution in [2.45, 2.75) is 25.4 Å². The fourth-order valence-electron chi connectivity index (χ4n) is 3.00. The summed E-state index contributed by atoms with van der Waals surface area (Å²) >= 11 is 1.75. The molecule has 0 aliphatic carbocycles. The number of hydrazone groups is 1. The Morgan fingerprint density at radius 1 is 1.28 bits per heavy atom. The number of amides is 1. The average molecular weight is 353 g/mol. The van der Waals surface area contributed by atoms with Crippen molar-refractivity contribution >= 4 is 34.4 Å². The van der Waals surface area contributed by atoms with Crippen molar-refractivity contribution in [3.05, 3.63) is 57.9 Å². The quantitative estimate of drug-likeness (QED) is 0.430. The highest BCUT2D eigenvalue weighted by atomic mass is 32.1. The van der Waals surface area contributed by atoms with Gasteiger partial charge >= 0.3 is 0 Å². The molecule has 1 aliphatic rings. The third kappa shape index (κ3) is 3.34. The molecule has 25 heavy (non-hydrogen) atoms. The first-order valence-corrected chi connectivity index (χ1v) is 8.99. The molecule has 2 unspecified atom stereocenters. The van der Waals surface area contributed by atoms with Crippen LogP contribution in [0.2, 0.25) is 0 Å². The van der Waals surface area contributed by atoms with Gasteiger partial charge in [0.05, 0.1) is 12.3 Å². The largest absolute Gasteiger partial charge is 0.361 e. The van der Waals surface area contributed by atoms with Gasteiger partial charge in [-0.1, -0.05) is 18.2 Å². The maximum Gasteiger partial charge on any atom is 0.258 e. The zero-order valence-electron chi connectivity index (χ0n) is 13.7. The van der Waals surface area contributed by atoms with Gasteiger partial charge in [-0.25, -0.2) is 16.3 Å². The van der Waals surface area contributed by atoms with Gasteiger partial charge in [-0.2, -0.15) is 5.10 Å². The van der Waals surface area contributed by atoms with Gasteiger partial charge in [-0.05, 0) is 31.5 Å². The van der Waals surface area contributed by atoms with E-state index in [-0.39, 0.29) is 18.0 Å². The highest BCUT2D eigenvalue weighted by Crippen LogP contribution is 2.28. The van der Waals surface area contributed by atoms with Gasteiger partial charge in [-0.15, -0.1) is 11.3 Å². The molecule has 1 aromatic carbocycles. The normalized spacial score (nSPS) is 20.5. The standard InChI is InChI=1S/C18H19N5OS/c1-11-6-7-17(25-11)15-8-16(22-21-15)18(24)23-20-10-12-9-19-14-5-3-2-4-13(12)14/h2-7,9-10,15-16,19,21-22H,8H2,1H3,(H,23,24)/b20-10+. The van der Waals surface area contributed by atoms with Crippen molar-refractivity contribution in [3.63, 3.8) is 0 Å². The molecule has 2 aromatic heterocycles. The number of aromatic amines is 1. The second kappa shape index (κ2) is 6.79. The molecule has 4 N–H and O–H groups in total. The van der Waals surface area contributed by atoms with Crippen LogP contribution >= 0.6 is 11.3 Å².